The van der Waals surface area contributed by atoms with Gasteiger partial charge in [-0.2, -0.15) is 0 Å². The Morgan fingerprint density at radius 3 is 2.44 bits per heavy atom. The summed E-state index contributed by atoms with van der Waals surface area (Å²) in [4.78, 5) is 10.7. The van der Waals surface area contributed by atoms with Gasteiger partial charge in [0.1, 0.15) is 5.73 Å². The second kappa shape index (κ2) is 12.6. The molecule has 1 aromatic carbocycles. The van der Waals surface area contributed by atoms with Gasteiger partial charge in [-0.05, 0) is 43.5 Å². The van der Waals surface area contributed by atoms with Crippen LogP contribution in [0.3, 0.4) is 0 Å². The van der Waals surface area contributed by atoms with Crippen molar-refractivity contribution >= 4 is 51.3 Å². The minimum absolute atomic E-state index is 0.440. The maximum absolute atomic E-state index is 10.7. The summed E-state index contributed by atoms with van der Waals surface area (Å²) in [6, 6.07) is 2.11. The van der Waals surface area contributed by atoms with E-state index in [9.17, 15) is 4.79 Å². The van der Waals surface area contributed by atoms with Gasteiger partial charge < -0.3 is 14.6 Å². The molecule has 0 radical (unpaired) electrons. The standard InChI is InChI=1S/C19H27Cl3O4Si/c1-3-5-6-7-8-9-19(27(20,21)22)26-16-12-10-15(11-13-18(23)24)14-17(16)25-4-2/h10-14,19H,3-9H2,1-2H3,(H,23,24)/b13-11+. The molecule has 27 heavy (non-hydrogen) atoms. The number of hydrogen-bond donors (Lipinski definition) is 1. The van der Waals surface area contributed by atoms with Crippen LogP contribution in [0.15, 0.2) is 24.3 Å². The molecule has 152 valence electrons. The van der Waals surface area contributed by atoms with Gasteiger partial charge >= 0.3 is 12.0 Å². The van der Waals surface area contributed by atoms with Crippen molar-refractivity contribution in [2.75, 3.05) is 6.61 Å². The second-order valence-electron chi connectivity index (χ2n) is 6.16. The lowest BCUT2D eigenvalue weighted by molar-refractivity contribution is -0.131. The number of unbranched alkanes of at least 4 members (excludes halogenated alkanes) is 4. The zero-order chi connectivity index (χ0) is 20.3. The van der Waals surface area contributed by atoms with Crippen molar-refractivity contribution in [3.63, 3.8) is 0 Å². The van der Waals surface area contributed by atoms with Crippen LogP contribution in [-0.4, -0.2) is 29.4 Å². The van der Waals surface area contributed by atoms with Crippen molar-refractivity contribution in [1.29, 1.82) is 0 Å². The largest absolute Gasteiger partial charge is 0.490 e. The number of carbonyl (C=O) groups is 1. The minimum Gasteiger partial charge on any atom is -0.490 e. The molecule has 0 aromatic heterocycles. The molecule has 1 atom stereocenters. The molecule has 4 nitrogen and oxygen atoms in total. The van der Waals surface area contributed by atoms with E-state index in [1.165, 1.54) is 25.3 Å². The molecule has 0 aliphatic heterocycles. The van der Waals surface area contributed by atoms with Crippen LogP contribution in [0, 0.1) is 0 Å². The molecule has 0 aliphatic rings. The summed E-state index contributed by atoms with van der Waals surface area (Å²) in [6.07, 6.45) is 8.81. The van der Waals surface area contributed by atoms with Gasteiger partial charge in [-0.1, -0.05) is 38.7 Å². The van der Waals surface area contributed by atoms with E-state index in [2.05, 4.69) is 6.92 Å². The first-order valence-corrected chi connectivity index (χ1v) is 14.3. The Morgan fingerprint density at radius 2 is 1.85 bits per heavy atom. The molecule has 0 aliphatic carbocycles. The summed E-state index contributed by atoms with van der Waals surface area (Å²) in [5.41, 5.74) is 0.221. The molecule has 0 amide bonds. The number of aliphatic carboxylic acids is 1. The van der Waals surface area contributed by atoms with Crippen LogP contribution in [-0.2, 0) is 4.79 Å². The van der Waals surface area contributed by atoms with Gasteiger partial charge in [0.15, 0.2) is 11.5 Å². The third-order valence-electron chi connectivity index (χ3n) is 3.89. The van der Waals surface area contributed by atoms with Gasteiger partial charge in [-0.3, -0.25) is 0 Å². The van der Waals surface area contributed by atoms with Crippen molar-refractivity contribution in [2.24, 2.45) is 0 Å². The topological polar surface area (TPSA) is 55.8 Å². The van der Waals surface area contributed by atoms with Crippen molar-refractivity contribution in [3.05, 3.63) is 29.8 Å². The highest BCUT2D eigenvalue weighted by Gasteiger charge is 2.39. The molecule has 1 rings (SSSR count). The molecular weight excluding hydrogens is 427 g/mol. The van der Waals surface area contributed by atoms with Gasteiger partial charge in [0, 0.05) is 6.08 Å². The Balaban J connectivity index is 2.90. The van der Waals surface area contributed by atoms with E-state index in [0.717, 1.165) is 18.9 Å². The van der Waals surface area contributed by atoms with Crippen LogP contribution in [0.4, 0.5) is 0 Å². The van der Waals surface area contributed by atoms with Gasteiger partial charge in [0.25, 0.3) is 0 Å². The summed E-state index contributed by atoms with van der Waals surface area (Å²) in [7, 11) is 0. The fraction of sp³-hybridized carbons (Fsp3) is 0.526. The molecule has 0 saturated heterocycles. The van der Waals surface area contributed by atoms with E-state index in [1.54, 1.807) is 18.2 Å². The average molecular weight is 454 g/mol. The first-order valence-electron chi connectivity index (χ1n) is 9.19. The highest BCUT2D eigenvalue weighted by atomic mass is 35.8. The molecule has 0 bridgehead atoms. The number of carboxylic acid groups (broad SMARTS) is 1. The van der Waals surface area contributed by atoms with Crippen LogP contribution >= 0.6 is 33.2 Å². The Labute approximate surface area is 176 Å². The van der Waals surface area contributed by atoms with E-state index < -0.39 is 17.7 Å². The van der Waals surface area contributed by atoms with E-state index in [4.69, 9.17) is 47.8 Å². The summed E-state index contributed by atoms with van der Waals surface area (Å²) < 4.78 is 11.7. The molecule has 0 spiro atoms. The lowest BCUT2D eigenvalue weighted by atomic mass is 10.1. The third kappa shape index (κ3) is 9.74. The predicted octanol–water partition coefficient (Wildman–Crippen LogP) is 6.49. The minimum atomic E-state index is -3.08. The quantitative estimate of drug-likeness (QED) is 0.161. The molecule has 1 N–H and O–H groups in total. The molecule has 0 heterocycles. The van der Waals surface area contributed by atoms with Gasteiger partial charge in [-0.25, -0.2) is 4.79 Å². The van der Waals surface area contributed by atoms with Crippen molar-refractivity contribution in [1.82, 2.24) is 0 Å². The fourth-order valence-electron chi connectivity index (χ4n) is 2.54. The van der Waals surface area contributed by atoms with Gasteiger partial charge in [0.05, 0.1) is 6.61 Å². The summed E-state index contributed by atoms with van der Waals surface area (Å²) in [6.45, 7) is 4.47. The van der Waals surface area contributed by atoms with Crippen LogP contribution in [0.25, 0.3) is 6.08 Å². The summed E-state index contributed by atoms with van der Waals surface area (Å²) in [5.74, 6) is -0.00962. The van der Waals surface area contributed by atoms with Crippen LogP contribution in [0.1, 0.15) is 57.9 Å². The molecule has 8 heteroatoms. The van der Waals surface area contributed by atoms with Crippen LogP contribution in [0.2, 0.25) is 0 Å². The Kier molecular flexibility index (Phi) is 11.2. The molecule has 1 unspecified atom stereocenters. The maximum Gasteiger partial charge on any atom is 0.381 e. The molecular formula is C19H27Cl3O4Si. The van der Waals surface area contributed by atoms with E-state index in [0.29, 0.717) is 30.1 Å². The Morgan fingerprint density at radius 1 is 1.15 bits per heavy atom. The number of halogens is 3. The van der Waals surface area contributed by atoms with Crippen molar-refractivity contribution in [3.8, 4) is 11.5 Å². The van der Waals surface area contributed by atoms with Crippen molar-refractivity contribution in [2.45, 2.75) is 58.1 Å². The predicted molar refractivity (Wildman–Crippen MR) is 115 cm³/mol. The summed E-state index contributed by atoms with van der Waals surface area (Å²) in [5, 5.41) is 8.76. The third-order valence-corrected chi connectivity index (χ3v) is 7.22. The molecule has 1 aromatic rings. The molecule has 0 saturated carbocycles. The van der Waals surface area contributed by atoms with Gasteiger partial charge in [-0.15, -0.1) is 33.2 Å². The maximum atomic E-state index is 10.7. The average Bonchev–Trinajstić information content (AvgIpc) is 2.59. The highest BCUT2D eigenvalue weighted by molar-refractivity contribution is 7.65. The van der Waals surface area contributed by atoms with E-state index in [1.807, 2.05) is 6.92 Å². The number of carboxylic acids is 1. The SMILES string of the molecule is CCCCCCCC(Oc1ccc(/C=C/C(=O)O)cc1OCC)[Si](Cl)(Cl)Cl. The zero-order valence-electron chi connectivity index (χ0n) is 15.7. The van der Waals surface area contributed by atoms with Crippen molar-refractivity contribution < 1.29 is 19.4 Å². The number of hydrogen-bond acceptors (Lipinski definition) is 3. The zero-order valence-corrected chi connectivity index (χ0v) is 19.0. The van der Waals surface area contributed by atoms with Crippen LogP contribution < -0.4 is 9.47 Å². The number of ether oxygens (including phenoxy) is 2. The fourth-order valence-corrected chi connectivity index (χ4v) is 4.71. The second-order valence-corrected chi connectivity index (χ2v) is 15.0. The van der Waals surface area contributed by atoms with Gasteiger partial charge in [0.2, 0.25) is 0 Å². The summed E-state index contributed by atoms with van der Waals surface area (Å²) >= 11 is 18.8. The first-order chi connectivity index (χ1) is 12.8. The van der Waals surface area contributed by atoms with Crippen LogP contribution in [0.5, 0.6) is 11.5 Å². The van der Waals surface area contributed by atoms with E-state index >= 15 is 0 Å². The smallest absolute Gasteiger partial charge is 0.381 e. The molecule has 0 fully saturated rings. The Hall–Kier alpha value is -0.883. The lowest BCUT2D eigenvalue weighted by Gasteiger charge is -2.25. The first kappa shape index (κ1) is 24.2. The monoisotopic (exact) mass is 452 g/mol. The highest BCUT2D eigenvalue weighted by Crippen LogP contribution is 2.36. The normalized spacial score (nSPS) is 12.9. The lowest BCUT2D eigenvalue weighted by Crippen LogP contribution is -2.36. The van der Waals surface area contributed by atoms with E-state index in [-0.39, 0.29) is 0 Å². The number of rotatable bonds is 13. The Bertz CT molecular complexity index is 617. The number of benzene rings is 1.